The van der Waals surface area contributed by atoms with Crippen molar-refractivity contribution in [2.75, 3.05) is 0 Å². The van der Waals surface area contributed by atoms with Gasteiger partial charge in [-0.1, -0.05) is 0 Å². The van der Waals surface area contributed by atoms with Gasteiger partial charge in [0.1, 0.15) is 4.91 Å². The molecule has 0 spiro atoms. The number of hydrogen-bond acceptors (Lipinski definition) is 7. The third-order valence-electron chi connectivity index (χ3n) is 4.67. The summed E-state index contributed by atoms with van der Waals surface area (Å²) >= 11 is -3.48. The van der Waals surface area contributed by atoms with E-state index in [0.717, 1.165) is 0 Å². The van der Waals surface area contributed by atoms with E-state index in [1.807, 2.05) is 5.71 Å². The Bertz CT molecular complexity index is 1090. The Kier molecular flexibility index (Phi) is 7.76. The Morgan fingerprint density at radius 1 is 0.606 bits per heavy atom. The number of nitro groups is 3. The van der Waals surface area contributed by atoms with E-state index < -0.39 is 33.4 Å². The van der Waals surface area contributed by atoms with Gasteiger partial charge in [-0.05, 0) is 0 Å². The third kappa shape index (κ3) is 5.86. The van der Waals surface area contributed by atoms with Gasteiger partial charge < -0.3 is 0 Å². The summed E-state index contributed by atoms with van der Waals surface area (Å²) in [6.45, 7) is 0. The molecule has 0 amide bonds. The van der Waals surface area contributed by atoms with E-state index in [0.29, 0.717) is 13.1 Å². The minimum atomic E-state index is -3.48. The number of benzene rings is 3. The fourth-order valence-electron chi connectivity index (χ4n) is 3.10. The van der Waals surface area contributed by atoms with Gasteiger partial charge in [0.2, 0.25) is 0 Å². The molecule has 0 aliphatic heterocycles. The first-order valence-corrected chi connectivity index (χ1v) is 13.6. The van der Waals surface area contributed by atoms with E-state index in [2.05, 4.69) is 0 Å². The Morgan fingerprint density at radius 2 is 0.848 bits per heavy atom. The van der Waals surface area contributed by atoms with Crippen molar-refractivity contribution in [1.82, 2.24) is 0 Å². The van der Waals surface area contributed by atoms with Crippen molar-refractivity contribution in [3.63, 3.8) is 0 Å². The van der Waals surface area contributed by atoms with Gasteiger partial charge in [-0.3, -0.25) is 0 Å². The maximum Gasteiger partial charge on any atom is 0.472 e. The minimum Gasteiger partial charge on any atom is -0.201 e. The summed E-state index contributed by atoms with van der Waals surface area (Å²) in [6, 6.07) is 18.3. The molecule has 0 radical (unpaired) electrons. The van der Waals surface area contributed by atoms with Crippen molar-refractivity contribution < 1.29 is 30.3 Å². The maximum absolute atomic E-state index is 11.3. The van der Waals surface area contributed by atoms with E-state index in [1.165, 1.54) is 36.4 Å². The molecule has 3 aromatic carbocycles. The molecule has 0 aromatic heterocycles. The summed E-state index contributed by atoms with van der Waals surface area (Å²) in [5, 5.41) is 46.4. The predicted octanol–water partition coefficient (Wildman–Crippen LogP) is 2.05. The molecular formula is C19H17AsN4O9+2. The molecular weight excluding hydrogens is 503 g/mol. The maximum atomic E-state index is 11.3. The number of hydrogen-bond donors (Lipinski definition) is 2. The molecule has 0 aliphatic rings. The zero-order valence-electron chi connectivity index (χ0n) is 16.9. The second kappa shape index (κ2) is 10.3. The van der Waals surface area contributed by atoms with Gasteiger partial charge in [0.15, 0.2) is 0 Å². The van der Waals surface area contributed by atoms with E-state index in [4.69, 9.17) is 15.3 Å². The summed E-state index contributed by atoms with van der Waals surface area (Å²) in [5.74, 6) is 0. The normalized spacial score (nSPS) is 10.5. The second-order valence-corrected chi connectivity index (χ2v) is 14.1. The van der Waals surface area contributed by atoms with E-state index in [9.17, 15) is 30.3 Å². The number of nitro benzene ring substituents is 3. The van der Waals surface area contributed by atoms with Crippen molar-refractivity contribution in [1.29, 1.82) is 0 Å². The van der Waals surface area contributed by atoms with Gasteiger partial charge >= 0.3 is 172 Å². The van der Waals surface area contributed by atoms with Crippen LogP contribution in [0.3, 0.4) is 0 Å². The van der Waals surface area contributed by atoms with Crippen LogP contribution in [0.25, 0.3) is 0 Å². The van der Waals surface area contributed by atoms with Crippen LogP contribution in [-0.2, 0) is 0 Å². The van der Waals surface area contributed by atoms with Gasteiger partial charge in [-0.2, -0.15) is 0 Å². The SMILES string of the molecule is C[As+](c1cccc([N+](=O)[O-])c1)(c1cccc([N+](=O)[O-])c1)c1cccc([N+](=O)[O-])c1.O=[N+](O)O. The fraction of sp³-hybridized carbons (Fsp3) is 0.0526. The van der Waals surface area contributed by atoms with Crippen LogP contribution in [0.15, 0.2) is 72.8 Å². The molecule has 33 heavy (non-hydrogen) atoms. The third-order valence-corrected chi connectivity index (χ3v) is 12.9. The Balaban J connectivity index is 0.000000890. The van der Waals surface area contributed by atoms with Crippen LogP contribution < -0.4 is 13.1 Å². The average molecular weight is 520 g/mol. The molecule has 0 bridgehead atoms. The minimum absolute atomic E-state index is 0.106. The van der Waals surface area contributed by atoms with Crippen LogP contribution in [0, 0.1) is 35.3 Å². The summed E-state index contributed by atoms with van der Waals surface area (Å²) in [5.41, 5.74) is 1.58. The predicted molar refractivity (Wildman–Crippen MR) is 117 cm³/mol. The molecule has 0 aliphatic carbocycles. The Labute approximate surface area is 187 Å². The van der Waals surface area contributed by atoms with Gasteiger partial charge in [-0.15, -0.1) is 0 Å². The van der Waals surface area contributed by atoms with E-state index >= 15 is 0 Å². The van der Waals surface area contributed by atoms with E-state index in [1.54, 1.807) is 36.4 Å². The van der Waals surface area contributed by atoms with Crippen molar-refractivity contribution in [3.05, 3.63) is 108 Å². The summed E-state index contributed by atoms with van der Waals surface area (Å²) in [4.78, 5) is 40.8. The van der Waals surface area contributed by atoms with Crippen molar-refractivity contribution in [2.24, 2.45) is 0 Å². The number of non-ortho nitro benzene ring substituents is 3. The van der Waals surface area contributed by atoms with Crippen molar-refractivity contribution >= 4 is 43.7 Å². The average Bonchev–Trinajstić information content (AvgIpc) is 2.78. The fourth-order valence-corrected chi connectivity index (χ4v) is 9.85. The standard InChI is InChI=1S/C19H15AsN3O6.H2NO3/c1-20(14-5-2-8-17(11-14)21(24)25,15-6-3-9-18(12-15)22(26)27)16-7-4-10-19(13-16)23(28)29;2-1(3)4/h2-13H,1H3;(H2,2,3,4)/q2*+1. The quantitative estimate of drug-likeness (QED) is 0.278. The van der Waals surface area contributed by atoms with Gasteiger partial charge in [0.05, 0.1) is 0 Å². The first-order chi connectivity index (χ1) is 15.5. The summed E-state index contributed by atoms with van der Waals surface area (Å²) < 4.78 is 1.95. The molecule has 0 saturated carbocycles. The molecule has 0 unspecified atom stereocenters. The largest absolute Gasteiger partial charge is 0.472 e. The molecule has 0 fully saturated rings. The number of nitrogens with zero attached hydrogens (tertiary/aromatic N) is 4. The van der Waals surface area contributed by atoms with Crippen LogP contribution in [0.2, 0.25) is 5.71 Å². The zero-order chi connectivity index (χ0) is 24.8. The van der Waals surface area contributed by atoms with Gasteiger partial charge in [0, 0.05) is 0 Å². The molecule has 0 saturated heterocycles. The van der Waals surface area contributed by atoms with Crippen molar-refractivity contribution in [3.8, 4) is 0 Å². The molecule has 3 aromatic rings. The Hall–Kier alpha value is -4.38. The number of rotatable bonds is 6. The van der Waals surface area contributed by atoms with Gasteiger partial charge in [-0.25, -0.2) is 10.4 Å². The molecule has 2 N–H and O–H groups in total. The van der Waals surface area contributed by atoms with Gasteiger partial charge in [0.25, 0.3) is 0 Å². The zero-order valence-corrected chi connectivity index (χ0v) is 18.8. The first kappa shape index (κ1) is 24.9. The van der Waals surface area contributed by atoms with Crippen LogP contribution in [0.5, 0.6) is 0 Å². The topological polar surface area (TPSA) is 190 Å². The monoisotopic (exact) mass is 520 g/mol. The molecule has 0 heterocycles. The summed E-state index contributed by atoms with van der Waals surface area (Å²) in [7, 11) is 0. The van der Waals surface area contributed by atoms with Crippen LogP contribution in [0.4, 0.5) is 17.1 Å². The van der Waals surface area contributed by atoms with E-state index in [-0.39, 0.29) is 17.1 Å². The molecule has 3 rings (SSSR count). The molecule has 13 nitrogen and oxygen atoms in total. The van der Waals surface area contributed by atoms with Crippen LogP contribution >= 0.6 is 0 Å². The smallest absolute Gasteiger partial charge is 0.201 e. The van der Waals surface area contributed by atoms with Crippen LogP contribution in [-0.4, -0.2) is 43.8 Å². The molecule has 14 heteroatoms. The van der Waals surface area contributed by atoms with Crippen LogP contribution in [0.1, 0.15) is 0 Å². The molecule has 0 atom stereocenters. The first-order valence-electron chi connectivity index (χ1n) is 8.93. The Morgan fingerprint density at radius 3 is 1.06 bits per heavy atom. The summed E-state index contributed by atoms with van der Waals surface area (Å²) in [6.07, 6.45) is 0. The molecule has 170 valence electrons. The second-order valence-electron chi connectivity index (χ2n) is 6.59. The van der Waals surface area contributed by atoms with Crippen molar-refractivity contribution in [2.45, 2.75) is 5.71 Å².